The summed E-state index contributed by atoms with van der Waals surface area (Å²) in [5, 5.41) is 0. The number of hydrogen-bond acceptors (Lipinski definition) is 3. The van der Waals surface area contributed by atoms with Gasteiger partial charge in [0, 0.05) is 19.6 Å². The van der Waals surface area contributed by atoms with Crippen molar-refractivity contribution in [2.75, 3.05) is 26.2 Å². The topological polar surface area (TPSA) is 75.4 Å². The highest BCUT2D eigenvalue weighted by Crippen LogP contribution is 2.29. The highest BCUT2D eigenvalue weighted by molar-refractivity contribution is 7.87. The molecule has 0 spiro atoms. The first-order valence-electron chi connectivity index (χ1n) is 7.97. The van der Waals surface area contributed by atoms with Gasteiger partial charge >= 0.3 is 0 Å². The highest BCUT2D eigenvalue weighted by Gasteiger charge is 2.29. The van der Waals surface area contributed by atoms with E-state index in [0.717, 1.165) is 19.3 Å². The molecule has 1 heterocycles. The van der Waals surface area contributed by atoms with E-state index in [0.29, 0.717) is 43.9 Å². The van der Waals surface area contributed by atoms with Crippen molar-refractivity contribution in [3.63, 3.8) is 0 Å². The van der Waals surface area contributed by atoms with Crippen molar-refractivity contribution in [2.24, 2.45) is 23.5 Å². The standard InChI is InChI=1S/C14H29N3O2S/c1-12-4-2-3-5-14(12)11-16-20(18,19)17-8-6-13(10-15)7-9-17/h12-14,16H,2-11,15H2,1H3. The molecule has 2 aliphatic rings. The molecule has 20 heavy (non-hydrogen) atoms. The van der Waals surface area contributed by atoms with Crippen LogP contribution in [0.1, 0.15) is 45.4 Å². The van der Waals surface area contributed by atoms with Crippen LogP contribution >= 0.6 is 0 Å². The molecule has 5 nitrogen and oxygen atoms in total. The van der Waals surface area contributed by atoms with E-state index in [-0.39, 0.29) is 0 Å². The number of nitrogens with two attached hydrogens (primary N) is 1. The van der Waals surface area contributed by atoms with Gasteiger partial charge < -0.3 is 5.73 Å². The monoisotopic (exact) mass is 303 g/mol. The zero-order chi connectivity index (χ0) is 14.6. The summed E-state index contributed by atoms with van der Waals surface area (Å²) in [6.45, 7) is 4.72. The Morgan fingerprint density at radius 1 is 1.15 bits per heavy atom. The molecule has 2 unspecified atom stereocenters. The van der Waals surface area contributed by atoms with Gasteiger partial charge in [-0.1, -0.05) is 26.2 Å². The van der Waals surface area contributed by atoms with E-state index in [1.165, 1.54) is 19.3 Å². The van der Waals surface area contributed by atoms with E-state index in [1.54, 1.807) is 4.31 Å². The molecular weight excluding hydrogens is 274 g/mol. The molecule has 1 saturated carbocycles. The van der Waals surface area contributed by atoms with Gasteiger partial charge in [-0.25, -0.2) is 4.72 Å². The molecule has 0 amide bonds. The summed E-state index contributed by atoms with van der Waals surface area (Å²) in [5.41, 5.74) is 5.65. The Balaban J connectivity index is 1.82. The minimum atomic E-state index is -3.30. The fourth-order valence-corrected chi connectivity index (χ4v) is 4.68. The largest absolute Gasteiger partial charge is 0.330 e. The van der Waals surface area contributed by atoms with Crippen LogP contribution in [0.15, 0.2) is 0 Å². The van der Waals surface area contributed by atoms with Crippen molar-refractivity contribution in [1.29, 1.82) is 0 Å². The van der Waals surface area contributed by atoms with Crippen LogP contribution in [-0.2, 0) is 10.2 Å². The van der Waals surface area contributed by atoms with E-state index < -0.39 is 10.2 Å². The summed E-state index contributed by atoms with van der Waals surface area (Å²) in [5.74, 6) is 1.62. The Kier molecular flexibility index (Phi) is 5.84. The first-order valence-corrected chi connectivity index (χ1v) is 9.41. The lowest BCUT2D eigenvalue weighted by atomic mass is 9.81. The minimum absolute atomic E-state index is 0.486. The third kappa shape index (κ3) is 4.16. The molecule has 118 valence electrons. The van der Waals surface area contributed by atoms with Gasteiger partial charge in [0.25, 0.3) is 10.2 Å². The second kappa shape index (κ2) is 7.20. The second-order valence-electron chi connectivity index (χ2n) is 6.45. The van der Waals surface area contributed by atoms with Gasteiger partial charge in [0.15, 0.2) is 0 Å². The molecule has 1 aliphatic carbocycles. The third-order valence-electron chi connectivity index (χ3n) is 5.06. The van der Waals surface area contributed by atoms with Crippen molar-refractivity contribution >= 4 is 10.2 Å². The van der Waals surface area contributed by atoms with E-state index in [1.807, 2.05) is 0 Å². The van der Waals surface area contributed by atoms with Crippen LogP contribution in [0.2, 0.25) is 0 Å². The lowest BCUT2D eigenvalue weighted by Crippen LogP contribution is -2.47. The molecule has 0 aromatic rings. The van der Waals surface area contributed by atoms with Crippen LogP contribution in [0.4, 0.5) is 0 Å². The predicted molar refractivity (Wildman–Crippen MR) is 81.4 cm³/mol. The second-order valence-corrected chi connectivity index (χ2v) is 8.21. The quantitative estimate of drug-likeness (QED) is 0.804. The molecule has 0 aromatic carbocycles. The normalized spacial score (nSPS) is 30.5. The lowest BCUT2D eigenvalue weighted by Gasteiger charge is -2.32. The van der Waals surface area contributed by atoms with Gasteiger partial charge in [-0.15, -0.1) is 0 Å². The number of nitrogens with zero attached hydrogens (tertiary/aromatic N) is 1. The van der Waals surface area contributed by atoms with Crippen molar-refractivity contribution in [3.8, 4) is 0 Å². The molecular formula is C14H29N3O2S. The molecule has 1 aliphatic heterocycles. The molecule has 2 atom stereocenters. The Morgan fingerprint density at radius 2 is 1.80 bits per heavy atom. The van der Waals surface area contributed by atoms with Crippen LogP contribution in [0, 0.1) is 17.8 Å². The Bertz CT molecular complexity index is 391. The van der Waals surface area contributed by atoms with Gasteiger partial charge in [0.1, 0.15) is 0 Å². The first-order chi connectivity index (χ1) is 9.53. The Labute approximate surface area is 123 Å². The van der Waals surface area contributed by atoms with Crippen molar-refractivity contribution < 1.29 is 8.42 Å². The van der Waals surface area contributed by atoms with Gasteiger partial charge in [-0.2, -0.15) is 12.7 Å². The van der Waals surface area contributed by atoms with Gasteiger partial charge in [0.2, 0.25) is 0 Å². The van der Waals surface area contributed by atoms with Crippen molar-refractivity contribution in [2.45, 2.75) is 45.4 Å². The molecule has 0 radical (unpaired) electrons. The summed E-state index contributed by atoms with van der Waals surface area (Å²) in [6.07, 6.45) is 6.68. The fraction of sp³-hybridized carbons (Fsp3) is 1.00. The maximum Gasteiger partial charge on any atom is 0.279 e. The zero-order valence-electron chi connectivity index (χ0n) is 12.6. The third-order valence-corrected chi connectivity index (χ3v) is 6.64. The van der Waals surface area contributed by atoms with E-state index in [9.17, 15) is 8.42 Å². The Morgan fingerprint density at radius 3 is 2.40 bits per heavy atom. The number of nitrogens with one attached hydrogen (secondary N) is 1. The lowest BCUT2D eigenvalue weighted by molar-refractivity contribution is 0.249. The predicted octanol–water partition coefficient (Wildman–Crippen LogP) is 1.32. The molecule has 0 aromatic heterocycles. The Hall–Kier alpha value is -0.170. The van der Waals surface area contributed by atoms with Crippen LogP contribution in [0.3, 0.4) is 0 Å². The molecule has 2 fully saturated rings. The molecule has 3 N–H and O–H groups in total. The maximum atomic E-state index is 12.3. The smallest absolute Gasteiger partial charge is 0.279 e. The fourth-order valence-electron chi connectivity index (χ4n) is 3.39. The average molecular weight is 303 g/mol. The first kappa shape index (κ1) is 16.2. The summed E-state index contributed by atoms with van der Waals surface area (Å²) in [6, 6.07) is 0. The average Bonchev–Trinajstić information content (AvgIpc) is 2.46. The SMILES string of the molecule is CC1CCCCC1CNS(=O)(=O)N1CCC(CN)CC1. The van der Waals surface area contributed by atoms with E-state index in [4.69, 9.17) is 5.73 Å². The van der Waals surface area contributed by atoms with Gasteiger partial charge in [-0.3, -0.25) is 0 Å². The zero-order valence-corrected chi connectivity index (χ0v) is 13.4. The van der Waals surface area contributed by atoms with Crippen LogP contribution in [0.5, 0.6) is 0 Å². The molecule has 0 bridgehead atoms. The molecule has 2 rings (SSSR count). The molecule has 6 heteroatoms. The van der Waals surface area contributed by atoms with Crippen LogP contribution in [-0.4, -0.2) is 38.9 Å². The van der Waals surface area contributed by atoms with Crippen LogP contribution in [0.25, 0.3) is 0 Å². The molecule has 1 saturated heterocycles. The van der Waals surface area contributed by atoms with Gasteiger partial charge in [0.05, 0.1) is 0 Å². The van der Waals surface area contributed by atoms with Crippen LogP contribution < -0.4 is 10.5 Å². The van der Waals surface area contributed by atoms with E-state index in [2.05, 4.69) is 11.6 Å². The summed E-state index contributed by atoms with van der Waals surface area (Å²) < 4.78 is 29.0. The number of hydrogen-bond donors (Lipinski definition) is 2. The number of rotatable bonds is 5. The highest BCUT2D eigenvalue weighted by atomic mass is 32.2. The minimum Gasteiger partial charge on any atom is -0.330 e. The number of piperidine rings is 1. The van der Waals surface area contributed by atoms with Gasteiger partial charge in [-0.05, 0) is 43.6 Å². The maximum absolute atomic E-state index is 12.3. The summed E-state index contributed by atoms with van der Waals surface area (Å²) >= 11 is 0. The summed E-state index contributed by atoms with van der Waals surface area (Å²) in [4.78, 5) is 0. The van der Waals surface area contributed by atoms with Crippen molar-refractivity contribution in [1.82, 2.24) is 9.03 Å². The van der Waals surface area contributed by atoms with E-state index >= 15 is 0 Å². The van der Waals surface area contributed by atoms with Crippen molar-refractivity contribution in [3.05, 3.63) is 0 Å². The summed E-state index contributed by atoms with van der Waals surface area (Å²) in [7, 11) is -3.30.